The molecule has 0 aromatic carbocycles. The first kappa shape index (κ1) is 13.9. The molecule has 3 heterocycles. The van der Waals surface area contributed by atoms with E-state index in [0.717, 1.165) is 62.7 Å². The van der Waals surface area contributed by atoms with Gasteiger partial charge in [-0.25, -0.2) is 0 Å². The maximum Gasteiger partial charge on any atom is 0.267 e. The number of piperazine rings is 1. The minimum Gasteiger partial charge on any atom is -0.336 e. The minimum atomic E-state index is 0.120. The van der Waals surface area contributed by atoms with Crippen molar-refractivity contribution >= 4 is 17.4 Å². The molecule has 20 heavy (non-hydrogen) atoms. The monoisotopic (exact) mass is 295 g/mol. The van der Waals surface area contributed by atoms with Gasteiger partial charge in [0.15, 0.2) is 0 Å². The normalized spacial score (nSPS) is 24.2. The Hall–Kier alpha value is -1.05. The number of aromatic nitrogens is 2. The molecule has 1 atom stereocenters. The van der Waals surface area contributed by atoms with Gasteiger partial charge in [-0.1, -0.05) is 11.4 Å². The molecular weight excluding hydrogens is 274 g/mol. The van der Waals surface area contributed by atoms with Crippen LogP contribution in [0.3, 0.4) is 0 Å². The second-order valence-electron chi connectivity index (χ2n) is 5.38. The van der Waals surface area contributed by atoms with Crippen LogP contribution in [0.5, 0.6) is 0 Å². The molecule has 110 valence electrons. The molecule has 0 bridgehead atoms. The van der Waals surface area contributed by atoms with Crippen LogP contribution in [0.15, 0.2) is 0 Å². The summed E-state index contributed by atoms with van der Waals surface area (Å²) in [6.07, 6.45) is 1.85. The summed E-state index contributed by atoms with van der Waals surface area (Å²) in [5.74, 6) is 0.120. The van der Waals surface area contributed by atoms with Crippen LogP contribution >= 0.6 is 11.5 Å². The summed E-state index contributed by atoms with van der Waals surface area (Å²) in [7, 11) is 0. The van der Waals surface area contributed by atoms with Gasteiger partial charge < -0.3 is 10.2 Å². The van der Waals surface area contributed by atoms with E-state index < -0.39 is 0 Å². The number of hydrogen-bond donors (Lipinski definition) is 1. The third-order valence-electron chi connectivity index (χ3n) is 4.20. The van der Waals surface area contributed by atoms with Crippen LogP contribution in [0.4, 0.5) is 0 Å². The Morgan fingerprint density at radius 3 is 2.95 bits per heavy atom. The van der Waals surface area contributed by atoms with Crippen molar-refractivity contribution in [2.45, 2.75) is 25.8 Å². The number of amides is 1. The second-order valence-corrected chi connectivity index (χ2v) is 6.14. The smallest absolute Gasteiger partial charge is 0.267 e. The lowest BCUT2D eigenvalue weighted by molar-refractivity contribution is 0.0777. The Labute approximate surface area is 123 Å². The summed E-state index contributed by atoms with van der Waals surface area (Å²) in [4.78, 5) is 17.8. The van der Waals surface area contributed by atoms with Crippen molar-refractivity contribution in [2.24, 2.45) is 0 Å². The highest BCUT2D eigenvalue weighted by Gasteiger charge is 2.32. The molecule has 1 unspecified atom stereocenters. The van der Waals surface area contributed by atoms with Crippen LogP contribution in [0.25, 0.3) is 0 Å². The lowest BCUT2D eigenvalue weighted by Gasteiger charge is -2.32. The predicted molar refractivity (Wildman–Crippen MR) is 78.0 cm³/mol. The quantitative estimate of drug-likeness (QED) is 0.864. The zero-order valence-electron chi connectivity index (χ0n) is 11.8. The SMILES string of the molecule is CCc1nnsc1C(=O)N1CCC(N2CCNCC2)C1. The van der Waals surface area contributed by atoms with E-state index in [4.69, 9.17) is 0 Å². The molecule has 1 N–H and O–H groups in total. The molecule has 1 aromatic heterocycles. The van der Waals surface area contributed by atoms with Crippen molar-refractivity contribution in [3.05, 3.63) is 10.6 Å². The summed E-state index contributed by atoms with van der Waals surface area (Å²) in [5, 5.41) is 7.41. The van der Waals surface area contributed by atoms with E-state index in [2.05, 4.69) is 19.8 Å². The molecule has 2 fully saturated rings. The highest BCUT2D eigenvalue weighted by molar-refractivity contribution is 7.08. The summed E-state index contributed by atoms with van der Waals surface area (Å²) in [6.45, 7) is 8.02. The van der Waals surface area contributed by atoms with Gasteiger partial charge in [0.25, 0.3) is 5.91 Å². The first-order chi connectivity index (χ1) is 9.79. The number of carbonyl (C=O) groups excluding carboxylic acids is 1. The molecule has 0 spiro atoms. The maximum absolute atomic E-state index is 12.5. The number of carbonyl (C=O) groups is 1. The number of nitrogens with zero attached hydrogens (tertiary/aromatic N) is 4. The Bertz CT molecular complexity index is 471. The molecule has 2 saturated heterocycles. The molecule has 1 aromatic rings. The third-order valence-corrected chi connectivity index (χ3v) is 4.96. The van der Waals surface area contributed by atoms with E-state index in [0.29, 0.717) is 6.04 Å². The van der Waals surface area contributed by atoms with Crippen LogP contribution in [0.2, 0.25) is 0 Å². The third kappa shape index (κ3) is 2.70. The van der Waals surface area contributed by atoms with Crippen LogP contribution in [0, 0.1) is 0 Å². The largest absolute Gasteiger partial charge is 0.336 e. The molecular formula is C13H21N5OS. The Morgan fingerprint density at radius 1 is 1.40 bits per heavy atom. The van der Waals surface area contributed by atoms with Crippen molar-refractivity contribution in [3.63, 3.8) is 0 Å². The first-order valence-corrected chi connectivity index (χ1v) is 8.12. The molecule has 0 saturated carbocycles. The van der Waals surface area contributed by atoms with E-state index in [1.165, 1.54) is 11.5 Å². The highest BCUT2D eigenvalue weighted by Crippen LogP contribution is 2.21. The van der Waals surface area contributed by atoms with Gasteiger partial charge in [-0.15, -0.1) is 5.10 Å². The van der Waals surface area contributed by atoms with Crippen LogP contribution < -0.4 is 5.32 Å². The van der Waals surface area contributed by atoms with Gasteiger partial charge in [-0.3, -0.25) is 9.69 Å². The first-order valence-electron chi connectivity index (χ1n) is 7.35. The van der Waals surface area contributed by atoms with E-state index >= 15 is 0 Å². The lowest BCUT2D eigenvalue weighted by atomic mass is 10.2. The number of nitrogens with one attached hydrogen (secondary N) is 1. The summed E-state index contributed by atoms with van der Waals surface area (Å²) < 4.78 is 3.92. The van der Waals surface area contributed by atoms with E-state index in [9.17, 15) is 4.79 Å². The van der Waals surface area contributed by atoms with Gasteiger partial charge in [-0.05, 0) is 24.4 Å². The Kier molecular flexibility index (Phi) is 4.28. The molecule has 3 rings (SSSR count). The topological polar surface area (TPSA) is 61.4 Å². The number of aryl methyl sites for hydroxylation is 1. The van der Waals surface area contributed by atoms with Gasteiger partial charge in [0.05, 0.1) is 5.69 Å². The molecule has 1 amide bonds. The van der Waals surface area contributed by atoms with E-state index in [-0.39, 0.29) is 5.91 Å². The molecule has 2 aliphatic heterocycles. The van der Waals surface area contributed by atoms with Crippen LogP contribution in [0.1, 0.15) is 28.7 Å². The fraction of sp³-hybridized carbons (Fsp3) is 0.769. The zero-order valence-corrected chi connectivity index (χ0v) is 12.7. The highest BCUT2D eigenvalue weighted by atomic mass is 32.1. The standard InChI is InChI=1S/C13H21N5OS/c1-2-11-12(20-16-15-11)13(19)18-6-3-10(9-18)17-7-4-14-5-8-17/h10,14H,2-9H2,1H3. The second kappa shape index (κ2) is 6.15. The fourth-order valence-corrected chi connectivity index (χ4v) is 3.74. The molecule has 6 nitrogen and oxygen atoms in total. The van der Waals surface area contributed by atoms with Gasteiger partial charge in [0, 0.05) is 45.3 Å². The van der Waals surface area contributed by atoms with Crippen LogP contribution in [-0.4, -0.2) is 70.6 Å². The average Bonchev–Trinajstić information content (AvgIpc) is 3.16. The zero-order chi connectivity index (χ0) is 13.9. The van der Waals surface area contributed by atoms with Gasteiger partial charge in [0.1, 0.15) is 4.88 Å². The number of likely N-dealkylation sites (tertiary alicyclic amines) is 1. The molecule has 7 heteroatoms. The summed E-state index contributed by atoms with van der Waals surface area (Å²) in [5.41, 5.74) is 0.839. The van der Waals surface area contributed by atoms with E-state index in [1.807, 2.05) is 11.8 Å². The van der Waals surface area contributed by atoms with Gasteiger partial charge >= 0.3 is 0 Å². The van der Waals surface area contributed by atoms with Crippen molar-refractivity contribution < 1.29 is 4.79 Å². The van der Waals surface area contributed by atoms with Crippen LogP contribution in [-0.2, 0) is 6.42 Å². The van der Waals surface area contributed by atoms with Gasteiger partial charge in [0.2, 0.25) is 0 Å². The molecule has 0 aliphatic carbocycles. The Morgan fingerprint density at radius 2 is 2.20 bits per heavy atom. The number of hydrogen-bond acceptors (Lipinski definition) is 6. The predicted octanol–water partition coefficient (Wildman–Crippen LogP) is 0.220. The number of rotatable bonds is 3. The molecule has 2 aliphatic rings. The fourth-order valence-electron chi connectivity index (χ4n) is 3.02. The van der Waals surface area contributed by atoms with E-state index in [1.54, 1.807) is 0 Å². The van der Waals surface area contributed by atoms with Crippen molar-refractivity contribution in [1.82, 2.24) is 24.7 Å². The average molecular weight is 295 g/mol. The van der Waals surface area contributed by atoms with Crippen molar-refractivity contribution in [1.29, 1.82) is 0 Å². The maximum atomic E-state index is 12.5. The van der Waals surface area contributed by atoms with Gasteiger partial charge in [-0.2, -0.15) is 0 Å². The Balaban J connectivity index is 1.63. The van der Waals surface area contributed by atoms with Crippen molar-refractivity contribution in [3.8, 4) is 0 Å². The van der Waals surface area contributed by atoms with Crippen molar-refractivity contribution in [2.75, 3.05) is 39.3 Å². The summed E-state index contributed by atoms with van der Waals surface area (Å²) in [6, 6.07) is 0.520. The lowest BCUT2D eigenvalue weighted by Crippen LogP contribution is -2.49. The molecule has 0 radical (unpaired) electrons. The summed E-state index contributed by atoms with van der Waals surface area (Å²) >= 11 is 1.23. The minimum absolute atomic E-state index is 0.120.